The molecule has 21 heavy (non-hydrogen) atoms. The fourth-order valence-corrected chi connectivity index (χ4v) is 3.36. The molecule has 0 aliphatic carbocycles. The van der Waals surface area contributed by atoms with E-state index in [-0.39, 0.29) is 6.04 Å². The van der Waals surface area contributed by atoms with Crippen LogP contribution in [0.25, 0.3) is 11.0 Å². The molecule has 1 N–H and O–H groups in total. The molecule has 0 bridgehead atoms. The van der Waals surface area contributed by atoms with Crippen molar-refractivity contribution in [3.63, 3.8) is 0 Å². The van der Waals surface area contributed by atoms with Gasteiger partial charge in [0.15, 0.2) is 0 Å². The number of thioether (sulfide) groups is 1. The van der Waals surface area contributed by atoms with E-state index >= 15 is 0 Å². The Kier molecular flexibility index (Phi) is 6.46. The fourth-order valence-electron chi connectivity index (χ4n) is 2.15. The number of hydrogen-bond acceptors (Lipinski definition) is 3. The number of fused-ring (bicyclic) bond motifs is 1. The van der Waals surface area contributed by atoms with E-state index in [9.17, 15) is 0 Å². The first-order valence-corrected chi connectivity index (χ1v) is 9.10. The minimum absolute atomic E-state index is 0.259. The van der Waals surface area contributed by atoms with Crippen LogP contribution < -0.4 is 5.32 Å². The summed E-state index contributed by atoms with van der Waals surface area (Å²) in [5.74, 6) is 2.04. The molecule has 116 valence electrons. The van der Waals surface area contributed by atoms with Crippen molar-refractivity contribution in [1.82, 2.24) is 5.32 Å². The summed E-state index contributed by atoms with van der Waals surface area (Å²) in [6, 6.07) is 8.16. The van der Waals surface area contributed by atoms with Gasteiger partial charge >= 0.3 is 0 Å². The van der Waals surface area contributed by atoms with E-state index in [0.717, 1.165) is 40.5 Å². The summed E-state index contributed by atoms with van der Waals surface area (Å²) in [7, 11) is 0. The Morgan fingerprint density at radius 1 is 1.29 bits per heavy atom. The van der Waals surface area contributed by atoms with Crippen LogP contribution >= 0.6 is 23.4 Å². The van der Waals surface area contributed by atoms with Crippen molar-refractivity contribution in [2.24, 2.45) is 0 Å². The lowest BCUT2D eigenvalue weighted by Gasteiger charge is -2.18. The molecular weight excluding hydrogens is 302 g/mol. The zero-order chi connectivity index (χ0) is 15.2. The lowest BCUT2D eigenvalue weighted by molar-refractivity contribution is 0.456. The summed E-state index contributed by atoms with van der Waals surface area (Å²) >= 11 is 8.05. The molecule has 1 aromatic heterocycles. The van der Waals surface area contributed by atoms with Gasteiger partial charge < -0.3 is 9.73 Å². The topological polar surface area (TPSA) is 25.2 Å². The highest BCUT2D eigenvalue weighted by atomic mass is 35.5. The maximum absolute atomic E-state index is 6.05. The van der Waals surface area contributed by atoms with Crippen LogP contribution in [-0.4, -0.2) is 17.5 Å². The molecular formula is C17H24ClNOS. The summed E-state index contributed by atoms with van der Waals surface area (Å²) in [6.45, 7) is 7.70. The van der Waals surface area contributed by atoms with Crippen molar-refractivity contribution in [2.75, 3.05) is 12.3 Å². The molecule has 0 saturated carbocycles. The van der Waals surface area contributed by atoms with Crippen LogP contribution in [0.4, 0.5) is 0 Å². The number of rotatable bonds is 8. The molecule has 2 aromatic rings. The monoisotopic (exact) mass is 325 g/mol. The van der Waals surface area contributed by atoms with Gasteiger partial charge in [-0.1, -0.05) is 32.4 Å². The highest BCUT2D eigenvalue weighted by Crippen LogP contribution is 2.29. The van der Waals surface area contributed by atoms with Crippen molar-refractivity contribution in [3.8, 4) is 0 Å². The van der Waals surface area contributed by atoms with Gasteiger partial charge in [-0.05, 0) is 43.7 Å². The van der Waals surface area contributed by atoms with Gasteiger partial charge in [-0.2, -0.15) is 11.8 Å². The first kappa shape index (κ1) is 16.7. The largest absolute Gasteiger partial charge is 0.459 e. The van der Waals surface area contributed by atoms with Gasteiger partial charge in [-0.15, -0.1) is 0 Å². The van der Waals surface area contributed by atoms with Crippen molar-refractivity contribution >= 4 is 34.3 Å². The van der Waals surface area contributed by atoms with Crippen LogP contribution in [0.15, 0.2) is 28.7 Å². The third-order valence-corrected chi connectivity index (χ3v) is 5.27. The lowest BCUT2D eigenvalue weighted by Crippen LogP contribution is -2.24. The molecule has 2 nitrogen and oxygen atoms in total. The summed E-state index contributed by atoms with van der Waals surface area (Å²) < 4.78 is 6.01. The maximum atomic E-state index is 6.05. The average Bonchev–Trinajstić information content (AvgIpc) is 2.89. The number of nitrogens with one attached hydrogen (secondary N) is 1. The average molecular weight is 326 g/mol. The molecule has 0 aliphatic heterocycles. The lowest BCUT2D eigenvalue weighted by atomic mass is 10.2. The molecule has 0 spiro atoms. The van der Waals surface area contributed by atoms with Crippen LogP contribution in [0.3, 0.4) is 0 Å². The number of benzene rings is 1. The van der Waals surface area contributed by atoms with Gasteiger partial charge in [0, 0.05) is 21.4 Å². The molecule has 2 rings (SSSR count). The van der Waals surface area contributed by atoms with Crippen LogP contribution in [-0.2, 0) is 0 Å². The van der Waals surface area contributed by atoms with Gasteiger partial charge in [0.1, 0.15) is 11.3 Å². The second-order valence-corrected chi connectivity index (χ2v) is 7.30. The third kappa shape index (κ3) is 4.67. The van der Waals surface area contributed by atoms with Crippen LogP contribution in [0.5, 0.6) is 0 Å². The van der Waals surface area contributed by atoms with E-state index in [0.29, 0.717) is 5.25 Å². The van der Waals surface area contributed by atoms with Crippen molar-refractivity contribution in [1.29, 1.82) is 0 Å². The predicted molar refractivity (Wildman–Crippen MR) is 94.5 cm³/mol. The van der Waals surface area contributed by atoms with E-state index in [1.807, 2.05) is 30.0 Å². The van der Waals surface area contributed by atoms with E-state index in [4.69, 9.17) is 16.0 Å². The second kappa shape index (κ2) is 8.11. The SMILES string of the molecule is CCCNC(CSC(C)CC)c1cc2cc(Cl)ccc2o1. The molecule has 2 atom stereocenters. The minimum atomic E-state index is 0.259. The number of furan rings is 1. The zero-order valence-corrected chi connectivity index (χ0v) is 14.6. The Balaban J connectivity index is 2.16. The van der Waals surface area contributed by atoms with Gasteiger partial charge in [0.25, 0.3) is 0 Å². The molecule has 1 heterocycles. The van der Waals surface area contributed by atoms with Crippen molar-refractivity contribution in [2.45, 2.75) is 44.9 Å². The summed E-state index contributed by atoms with van der Waals surface area (Å²) in [6.07, 6.45) is 2.32. The molecule has 0 aliphatic rings. The minimum Gasteiger partial charge on any atom is -0.459 e. The molecule has 4 heteroatoms. The molecule has 0 amide bonds. The van der Waals surface area contributed by atoms with Crippen molar-refractivity contribution in [3.05, 3.63) is 35.0 Å². The summed E-state index contributed by atoms with van der Waals surface area (Å²) in [4.78, 5) is 0. The summed E-state index contributed by atoms with van der Waals surface area (Å²) in [5, 5.41) is 6.10. The normalized spacial score (nSPS) is 14.5. The molecule has 0 fully saturated rings. The Bertz CT molecular complexity index is 569. The molecule has 0 saturated heterocycles. The van der Waals surface area contributed by atoms with Gasteiger partial charge in [0.05, 0.1) is 6.04 Å². The van der Waals surface area contributed by atoms with E-state index < -0.39 is 0 Å². The van der Waals surface area contributed by atoms with E-state index in [1.165, 1.54) is 6.42 Å². The quantitative estimate of drug-likeness (QED) is 0.678. The Morgan fingerprint density at radius 2 is 2.10 bits per heavy atom. The van der Waals surface area contributed by atoms with E-state index in [1.54, 1.807) is 0 Å². The van der Waals surface area contributed by atoms with E-state index in [2.05, 4.69) is 32.2 Å². The maximum Gasteiger partial charge on any atom is 0.134 e. The van der Waals surface area contributed by atoms with Gasteiger partial charge in [-0.3, -0.25) is 0 Å². The highest BCUT2D eigenvalue weighted by molar-refractivity contribution is 7.99. The summed E-state index contributed by atoms with van der Waals surface area (Å²) in [5.41, 5.74) is 0.909. The van der Waals surface area contributed by atoms with Crippen LogP contribution in [0.1, 0.15) is 45.4 Å². The fraction of sp³-hybridized carbons (Fsp3) is 0.529. The molecule has 1 aromatic carbocycles. The second-order valence-electron chi connectivity index (χ2n) is 5.39. The van der Waals surface area contributed by atoms with Crippen LogP contribution in [0.2, 0.25) is 5.02 Å². The van der Waals surface area contributed by atoms with Gasteiger partial charge in [0.2, 0.25) is 0 Å². The Hall–Kier alpha value is -0.640. The van der Waals surface area contributed by atoms with Gasteiger partial charge in [-0.25, -0.2) is 0 Å². The Morgan fingerprint density at radius 3 is 2.81 bits per heavy atom. The molecule has 2 unspecified atom stereocenters. The first-order valence-electron chi connectivity index (χ1n) is 7.68. The van der Waals surface area contributed by atoms with Crippen molar-refractivity contribution < 1.29 is 4.42 Å². The number of halogens is 1. The number of hydrogen-bond donors (Lipinski definition) is 1. The third-order valence-electron chi connectivity index (χ3n) is 3.60. The standard InChI is InChI=1S/C17H24ClNOS/c1-4-8-19-15(11-21-12(3)5-2)17-10-13-9-14(18)6-7-16(13)20-17/h6-7,9-10,12,15,19H,4-5,8,11H2,1-3H3. The zero-order valence-electron chi connectivity index (χ0n) is 13.0. The predicted octanol–water partition coefficient (Wildman–Crippen LogP) is 5.66. The molecule has 0 radical (unpaired) electrons. The van der Waals surface area contributed by atoms with Crippen LogP contribution in [0, 0.1) is 0 Å². The first-order chi connectivity index (χ1) is 10.1. The Labute approximate surface area is 136 Å². The highest BCUT2D eigenvalue weighted by Gasteiger charge is 2.17. The smallest absolute Gasteiger partial charge is 0.134 e.